The van der Waals surface area contributed by atoms with Gasteiger partial charge in [0.15, 0.2) is 0 Å². The number of amides is 2. The van der Waals surface area contributed by atoms with Crippen LogP contribution < -0.4 is 5.43 Å². The quantitative estimate of drug-likeness (QED) is 0.598. The number of ether oxygens (including phenoxy) is 2. The van der Waals surface area contributed by atoms with Crippen molar-refractivity contribution in [3.05, 3.63) is 0 Å². The maximum Gasteiger partial charge on any atom is 0.439 e. The molecule has 0 aromatic rings. The molecular formula is C9H18N2O4S. The summed E-state index contributed by atoms with van der Waals surface area (Å²) in [4.78, 5) is 22.5. The van der Waals surface area contributed by atoms with Crippen molar-refractivity contribution in [1.29, 1.82) is 0 Å². The van der Waals surface area contributed by atoms with E-state index in [9.17, 15) is 9.59 Å². The highest BCUT2D eigenvalue weighted by atomic mass is 32.2. The Morgan fingerprint density at radius 2 is 1.81 bits per heavy atom. The average molecular weight is 250 g/mol. The van der Waals surface area contributed by atoms with E-state index in [0.717, 1.165) is 10.8 Å². The van der Waals surface area contributed by atoms with Crippen LogP contribution in [-0.4, -0.2) is 35.6 Å². The van der Waals surface area contributed by atoms with Gasteiger partial charge >= 0.3 is 12.2 Å². The van der Waals surface area contributed by atoms with Gasteiger partial charge in [-0.1, -0.05) is 6.92 Å². The number of carbonyl (C=O) groups excluding carboxylic acids is 2. The van der Waals surface area contributed by atoms with Crippen LogP contribution in [0.25, 0.3) is 0 Å². The van der Waals surface area contributed by atoms with Gasteiger partial charge in [-0.05, 0) is 32.2 Å². The number of hydrogen-bond acceptors (Lipinski definition) is 5. The predicted octanol–water partition coefficient (Wildman–Crippen LogP) is 2.16. The summed E-state index contributed by atoms with van der Waals surface area (Å²) in [5, 5.41) is 0. The second-order valence-electron chi connectivity index (χ2n) is 2.66. The van der Waals surface area contributed by atoms with Gasteiger partial charge in [0, 0.05) is 5.75 Å². The van der Waals surface area contributed by atoms with Gasteiger partial charge in [0.1, 0.15) is 0 Å². The molecule has 7 heteroatoms. The van der Waals surface area contributed by atoms with Gasteiger partial charge in [0.25, 0.3) is 0 Å². The lowest BCUT2D eigenvalue weighted by molar-refractivity contribution is 0.106. The summed E-state index contributed by atoms with van der Waals surface area (Å²) in [6.07, 6.45) is -0.390. The first-order valence-electron chi connectivity index (χ1n) is 5.18. The van der Waals surface area contributed by atoms with E-state index in [1.165, 1.54) is 11.9 Å². The van der Waals surface area contributed by atoms with E-state index in [4.69, 9.17) is 4.74 Å². The Morgan fingerprint density at radius 3 is 2.31 bits per heavy atom. The molecule has 0 aromatic heterocycles. The van der Waals surface area contributed by atoms with Crippen molar-refractivity contribution in [3.63, 3.8) is 0 Å². The zero-order valence-corrected chi connectivity index (χ0v) is 10.6. The molecule has 0 atom stereocenters. The number of nitrogens with one attached hydrogen (secondary N) is 1. The summed E-state index contributed by atoms with van der Waals surface area (Å²) in [6.45, 7) is 5.87. The third kappa shape index (κ3) is 6.39. The van der Waals surface area contributed by atoms with Crippen LogP contribution in [0.5, 0.6) is 0 Å². The molecule has 0 radical (unpaired) electrons. The van der Waals surface area contributed by atoms with Crippen LogP contribution in [0.2, 0.25) is 0 Å². The van der Waals surface area contributed by atoms with Crippen molar-refractivity contribution >= 4 is 24.1 Å². The molecule has 0 saturated heterocycles. The summed E-state index contributed by atoms with van der Waals surface area (Å²) in [5.41, 5.74) is 2.30. The molecule has 16 heavy (non-hydrogen) atoms. The fourth-order valence-electron chi connectivity index (χ4n) is 0.742. The highest BCUT2D eigenvalue weighted by Gasteiger charge is 2.18. The van der Waals surface area contributed by atoms with E-state index in [2.05, 4.69) is 10.2 Å². The lowest BCUT2D eigenvalue weighted by Crippen LogP contribution is -2.42. The zero-order valence-electron chi connectivity index (χ0n) is 9.82. The predicted molar refractivity (Wildman–Crippen MR) is 61.8 cm³/mol. The normalized spacial score (nSPS) is 9.44. The Morgan fingerprint density at radius 1 is 1.19 bits per heavy atom. The van der Waals surface area contributed by atoms with Gasteiger partial charge in [0.05, 0.1) is 13.2 Å². The first-order chi connectivity index (χ1) is 7.65. The highest BCUT2D eigenvalue weighted by Crippen LogP contribution is 2.10. The number of hydrazine groups is 1. The maximum atomic E-state index is 11.4. The SMILES string of the molecule is CCCSN(NC(=O)OCC)C(=O)OCC. The first-order valence-corrected chi connectivity index (χ1v) is 6.13. The largest absolute Gasteiger partial charge is 0.449 e. The topological polar surface area (TPSA) is 67.9 Å². The summed E-state index contributed by atoms with van der Waals surface area (Å²) in [7, 11) is 0. The van der Waals surface area contributed by atoms with Crippen molar-refractivity contribution in [2.45, 2.75) is 27.2 Å². The third-order valence-corrected chi connectivity index (χ3v) is 2.42. The average Bonchev–Trinajstić information content (AvgIpc) is 2.24. The monoisotopic (exact) mass is 250 g/mol. The van der Waals surface area contributed by atoms with E-state index in [1.54, 1.807) is 13.8 Å². The Balaban J connectivity index is 4.18. The molecule has 0 heterocycles. The Labute approximate surface area is 99.7 Å². The van der Waals surface area contributed by atoms with Gasteiger partial charge in [-0.3, -0.25) is 0 Å². The lowest BCUT2D eigenvalue weighted by atomic mass is 10.6. The molecule has 0 aromatic carbocycles. The van der Waals surface area contributed by atoms with E-state index >= 15 is 0 Å². The lowest BCUT2D eigenvalue weighted by Gasteiger charge is -2.19. The summed E-state index contributed by atoms with van der Waals surface area (Å²) in [5.74, 6) is 0.700. The Kier molecular flexibility index (Phi) is 8.51. The molecule has 94 valence electrons. The molecule has 0 spiro atoms. The molecular weight excluding hydrogens is 232 g/mol. The summed E-state index contributed by atoms with van der Waals surface area (Å²) >= 11 is 1.17. The van der Waals surface area contributed by atoms with Crippen molar-refractivity contribution in [3.8, 4) is 0 Å². The van der Waals surface area contributed by atoms with Gasteiger partial charge in [0.2, 0.25) is 0 Å². The standard InChI is InChI=1S/C9H18N2O4S/c1-4-7-16-11(9(13)15-6-3)10-8(12)14-5-2/h4-7H2,1-3H3,(H,10,12). The Hall–Kier alpha value is -1.11. The molecule has 0 aliphatic heterocycles. The van der Waals surface area contributed by atoms with Gasteiger partial charge < -0.3 is 9.47 Å². The molecule has 0 unspecified atom stereocenters. The highest BCUT2D eigenvalue weighted by molar-refractivity contribution is 7.97. The first kappa shape index (κ1) is 14.9. The summed E-state index contributed by atoms with van der Waals surface area (Å²) < 4.78 is 10.5. The third-order valence-electron chi connectivity index (χ3n) is 1.33. The van der Waals surface area contributed by atoms with E-state index < -0.39 is 12.2 Å². The molecule has 1 N–H and O–H groups in total. The van der Waals surface area contributed by atoms with Crippen LogP contribution in [0.4, 0.5) is 9.59 Å². The molecule has 2 amide bonds. The van der Waals surface area contributed by atoms with Crippen molar-refractivity contribution in [1.82, 2.24) is 9.84 Å². The van der Waals surface area contributed by atoms with Crippen LogP contribution in [-0.2, 0) is 9.47 Å². The van der Waals surface area contributed by atoms with Crippen LogP contribution in [0, 0.1) is 0 Å². The zero-order chi connectivity index (χ0) is 12.4. The van der Waals surface area contributed by atoms with Crippen LogP contribution in [0.15, 0.2) is 0 Å². The molecule has 0 aliphatic carbocycles. The minimum atomic E-state index is -0.667. The minimum Gasteiger partial charge on any atom is -0.449 e. The van der Waals surface area contributed by atoms with Crippen LogP contribution >= 0.6 is 11.9 Å². The van der Waals surface area contributed by atoms with Crippen LogP contribution in [0.1, 0.15) is 27.2 Å². The number of nitrogens with zero attached hydrogens (tertiary/aromatic N) is 1. The molecule has 0 fully saturated rings. The van der Waals surface area contributed by atoms with Gasteiger partial charge in [-0.2, -0.15) is 4.41 Å². The molecule has 0 rings (SSSR count). The number of carbonyl (C=O) groups is 2. The van der Waals surface area contributed by atoms with Crippen molar-refractivity contribution in [2.24, 2.45) is 0 Å². The smallest absolute Gasteiger partial charge is 0.439 e. The van der Waals surface area contributed by atoms with E-state index in [1.807, 2.05) is 6.92 Å². The van der Waals surface area contributed by atoms with E-state index in [-0.39, 0.29) is 13.2 Å². The van der Waals surface area contributed by atoms with Gasteiger partial charge in [-0.25, -0.2) is 15.0 Å². The second kappa shape index (κ2) is 9.14. The second-order valence-corrected chi connectivity index (χ2v) is 3.69. The molecule has 0 bridgehead atoms. The molecule has 0 aliphatic rings. The van der Waals surface area contributed by atoms with Gasteiger partial charge in [-0.15, -0.1) is 0 Å². The van der Waals surface area contributed by atoms with Crippen LogP contribution in [0.3, 0.4) is 0 Å². The molecule has 0 saturated carbocycles. The van der Waals surface area contributed by atoms with Crippen molar-refractivity contribution in [2.75, 3.05) is 19.0 Å². The Bertz CT molecular complexity index is 226. The van der Waals surface area contributed by atoms with Crippen molar-refractivity contribution < 1.29 is 19.1 Å². The fraction of sp³-hybridized carbons (Fsp3) is 0.778. The number of hydrogen-bond donors (Lipinski definition) is 1. The fourth-order valence-corrected chi connectivity index (χ4v) is 1.40. The number of rotatable bonds is 5. The maximum absolute atomic E-state index is 11.4. The van der Waals surface area contributed by atoms with E-state index in [0.29, 0.717) is 5.75 Å². The summed E-state index contributed by atoms with van der Waals surface area (Å²) in [6, 6.07) is 0. The minimum absolute atomic E-state index is 0.251. The molecule has 6 nitrogen and oxygen atoms in total.